The van der Waals surface area contributed by atoms with Crippen molar-refractivity contribution < 1.29 is 19.1 Å². The van der Waals surface area contributed by atoms with Gasteiger partial charge in [-0.3, -0.25) is 4.79 Å². The number of nitrogens with one attached hydrogen (secondary N) is 1. The van der Waals surface area contributed by atoms with Gasteiger partial charge in [-0.15, -0.1) is 10.2 Å². The number of aromatic nitrogens is 2. The second-order valence-electron chi connectivity index (χ2n) is 9.71. The molecule has 0 aliphatic carbocycles. The lowest BCUT2D eigenvalue weighted by molar-refractivity contribution is -0.132. The molecule has 1 aliphatic rings. The van der Waals surface area contributed by atoms with Gasteiger partial charge in [0.2, 0.25) is 5.91 Å². The van der Waals surface area contributed by atoms with E-state index < -0.39 is 0 Å². The Kier molecular flexibility index (Phi) is 9.93. The van der Waals surface area contributed by atoms with Crippen molar-refractivity contribution in [1.29, 1.82) is 0 Å². The van der Waals surface area contributed by atoms with E-state index in [0.717, 1.165) is 23.5 Å². The number of benzene rings is 1. The van der Waals surface area contributed by atoms with Gasteiger partial charge in [0, 0.05) is 44.3 Å². The highest BCUT2D eigenvalue weighted by Crippen LogP contribution is 2.31. The van der Waals surface area contributed by atoms with Gasteiger partial charge in [-0.05, 0) is 50.1 Å². The Morgan fingerprint density at radius 1 is 1.00 bits per heavy atom. The predicted octanol–water partition coefficient (Wildman–Crippen LogP) is 3.28. The summed E-state index contributed by atoms with van der Waals surface area (Å²) >= 11 is 0. The van der Waals surface area contributed by atoms with Gasteiger partial charge in [0.1, 0.15) is 6.54 Å². The standard InChI is InChI=1S/C27H40N6O4/c1-7-20(4)17-33(27(35)28-19(2)3)18-26(34)32-14-12-31(13-15-32)25-11-9-22(29-30-25)21-8-10-23(36-5)24(16-21)37-6/h8-11,16,19-20H,7,12-15,17-18H2,1-6H3,(H,28,35)/t20-/m0/s1. The Labute approximate surface area is 219 Å². The first-order valence-corrected chi connectivity index (χ1v) is 12.9. The second-order valence-corrected chi connectivity index (χ2v) is 9.71. The molecule has 3 rings (SSSR count). The molecule has 1 atom stereocenters. The fraction of sp³-hybridized carbons (Fsp3) is 0.556. The molecule has 2 aromatic rings. The van der Waals surface area contributed by atoms with E-state index in [0.29, 0.717) is 50.1 Å². The first-order chi connectivity index (χ1) is 17.7. The van der Waals surface area contributed by atoms with E-state index in [-0.39, 0.29) is 24.5 Å². The van der Waals surface area contributed by atoms with Crippen molar-refractivity contribution in [2.45, 2.75) is 40.2 Å². The Hall–Kier alpha value is -3.56. The molecule has 1 N–H and O–H groups in total. The number of methoxy groups -OCH3 is 2. The topological polar surface area (TPSA) is 100 Å². The fourth-order valence-corrected chi connectivity index (χ4v) is 4.15. The van der Waals surface area contributed by atoms with Crippen LogP contribution in [-0.4, -0.2) is 91.5 Å². The van der Waals surface area contributed by atoms with Crippen LogP contribution in [0.25, 0.3) is 11.3 Å². The van der Waals surface area contributed by atoms with Gasteiger partial charge in [-0.1, -0.05) is 20.3 Å². The van der Waals surface area contributed by atoms with E-state index in [1.807, 2.05) is 49.1 Å². The SMILES string of the molecule is CC[C@H](C)CN(CC(=O)N1CCN(c2ccc(-c3ccc(OC)c(OC)c3)nn2)CC1)C(=O)NC(C)C. The van der Waals surface area contributed by atoms with Crippen LogP contribution in [0.4, 0.5) is 10.6 Å². The number of urea groups is 1. The number of hydrogen-bond donors (Lipinski definition) is 1. The number of nitrogens with zero attached hydrogens (tertiary/aromatic N) is 5. The minimum Gasteiger partial charge on any atom is -0.493 e. The number of carbonyl (C=O) groups is 2. The number of anilines is 1. The van der Waals surface area contributed by atoms with Crippen LogP contribution in [-0.2, 0) is 4.79 Å². The highest BCUT2D eigenvalue weighted by molar-refractivity contribution is 5.84. The quantitative estimate of drug-likeness (QED) is 0.521. The summed E-state index contributed by atoms with van der Waals surface area (Å²) in [6.07, 6.45) is 0.949. The summed E-state index contributed by atoms with van der Waals surface area (Å²) in [4.78, 5) is 31.3. The molecule has 0 spiro atoms. The lowest BCUT2D eigenvalue weighted by Gasteiger charge is -2.36. The molecule has 0 radical (unpaired) electrons. The number of carbonyl (C=O) groups excluding carboxylic acids is 2. The fourth-order valence-electron chi connectivity index (χ4n) is 4.15. The van der Waals surface area contributed by atoms with Crippen LogP contribution in [0.15, 0.2) is 30.3 Å². The van der Waals surface area contributed by atoms with Gasteiger partial charge in [0.25, 0.3) is 0 Å². The highest BCUT2D eigenvalue weighted by atomic mass is 16.5. The molecule has 1 saturated heterocycles. The van der Waals surface area contributed by atoms with E-state index >= 15 is 0 Å². The predicted molar refractivity (Wildman–Crippen MR) is 144 cm³/mol. The third-order valence-electron chi connectivity index (χ3n) is 6.54. The minimum atomic E-state index is -0.188. The molecule has 2 heterocycles. The number of rotatable bonds is 10. The lowest BCUT2D eigenvalue weighted by Crippen LogP contribution is -2.54. The third kappa shape index (κ3) is 7.47. The van der Waals surface area contributed by atoms with Crippen molar-refractivity contribution in [3.63, 3.8) is 0 Å². The molecule has 10 nitrogen and oxygen atoms in total. The third-order valence-corrected chi connectivity index (χ3v) is 6.54. The smallest absolute Gasteiger partial charge is 0.318 e. The summed E-state index contributed by atoms with van der Waals surface area (Å²) in [7, 11) is 3.20. The number of piperazine rings is 1. The Bertz CT molecular complexity index is 1040. The molecule has 10 heteroatoms. The molecule has 0 unspecified atom stereocenters. The van der Waals surface area contributed by atoms with Gasteiger partial charge >= 0.3 is 6.03 Å². The van der Waals surface area contributed by atoms with Crippen molar-refractivity contribution in [2.24, 2.45) is 5.92 Å². The van der Waals surface area contributed by atoms with Crippen LogP contribution in [0.1, 0.15) is 34.1 Å². The number of amides is 3. The summed E-state index contributed by atoms with van der Waals surface area (Å²) in [5.74, 6) is 2.36. The van der Waals surface area contributed by atoms with Crippen molar-refractivity contribution >= 4 is 17.8 Å². The van der Waals surface area contributed by atoms with E-state index in [2.05, 4.69) is 34.3 Å². The zero-order valence-corrected chi connectivity index (χ0v) is 22.9. The first kappa shape index (κ1) is 28.0. The van der Waals surface area contributed by atoms with Crippen LogP contribution in [0.2, 0.25) is 0 Å². The summed E-state index contributed by atoms with van der Waals surface area (Å²) in [6, 6.07) is 9.34. The van der Waals surface area contributed by atoms with Crippen LogP contribution in [0.5, 0.6) is 11.5 Å². The molecule has 0 saturated carbocycles. The molecule has 0 bridgehead atoms. The molecule has 1 aliphatic heterocycles. The van der Waals surface area contributed by atoms with E-state index in [4.69, 9.17) is 9.47 Å². The van der Waals surface area contributed by atoms with E-state index in [1.54, 1.807) is 19.1 Å². The van der Waals surface area contributed by atoms with Crippen LogP contribution < -0.4 is 19.7 Å². The van der Waals surface area contributed by atoms with Crippen molar-refractivity contribution in [1.82, 2.24) is 25.3 Å². The van der Waals surface area contributed by atoms with Crippen LogP contribution >= 0.6 is 0 Å². The molecule has 202 valence electrons. The van der Waals surface area contributed by atoms with Crippen molar-refractivity contribution in [3.8, 4) is 22.8 Å². The number of ether oxygens (including phenoxy) is 2. The minimum absolute atomic E-state index is 0.0184. The maximum Gasteiger partial charge on any atom is 0.318 e. The van der Waals surface area contributed by atoms with Gasteiger partial charge in [-0.2, -0.15) is 0 Å². The van der Waals surface area contributed by atoms with Gasteiger partial charge in [0.05, 0.1) is 19.9 Å². The van der Waals surface area contributed by atoms with E-state index in [9.17, 15) is 9.59 Å². The molecular formula is C27H40N6O4. The second kappa shape index (κ2) is 13.1. The largest absolute Gasteiger partial charge is 0.493 e. The zero-order valence-electron chi connectivity index (χ0n) is 22.9. The van der Waals surface area contributed by atoms with Crippen molar-refractivity contribution in [2.75, 3.05) is 58.4 Å². The zero-order chi connectivity index (χ0) is 26.9. The van der Waals surface area contributed by atoms with Crippen LogP contribution in [0, 0.1) is 5.92 Å². The summed E-state index contributed by atoms with van der Waals surface area (Å²) in [6.45, 7) is 11.1. The molecule has 37 heavy (non-hydrogen) atoms. The molecular weight excluding hydrogens is 472 g/mol. The van der Waals surface area contributed by atoms with Gasteiger partial charge in [-0.25, -0.2) is 4.79 Å². The summed E-state index contributed by atoms with van der Waals surface area (Å²) in [5, 5.41) is 11.8. The van der Waals surface area contributed by atoms with Gasteiger partial charge < -0.3 is 29.5 Å². The monoisotopic (exact) mass is 512 g/mol. The average molecular weight is 513 g/mol. The normalized spacial score (nSPS) is 14.4. The molecule has 1 aromatic heterocycles. The Morgan fingerprint density at radius 2 is 1.70 bits per heavy atom. The Morgan fingerprint density at radius 3 is 2.27 bits per heavy atom. The molecule has 1 aromatic carbocycles. The number of hydrogen-bond acceptors (Lipinski definition) is 7. The first-order valence-electron chi connectivity index (χ1n) is 12.9. The van der Waals surface area contributed by atoms with Gasteiger partial charge in [0.15, 0.2) is 17.3 Å². The highest BCUT2D eigenvalue weighted by Gasteiger charge is 2.26. The van der Waals surface area contributed by atoms with Crippen molar-refractivity contribution in [3.05, 3.63) is 30.3 Å². The van der Waals surface area contributed by atoms with E-state index in [1.165, 1.54) is 0 Å². The van der Waals surface area contributed by atoms with Crippen LogP contribution in [0.3, 0.4) is 0 Å². The maximum absolute atomic E-state index is 13.0. The summed E-state index contributed by atoms with van der Waals surface area (Å²) in [5.41, 5.74) is 1.62. The maximum atomic E-state index is 13.0. The average Bonchev–Trinajstić information content (AvgIpc) is 2.91. The molecule has 3 amide bonds. The Balaban J connectivity index is 1.58. The molecule has 1 fully saturated rings. The summed E-state index contributed by atoms with van der Waals surface area (Å²) < 4.78 is 10.7. The lowest BCUT2D eigenvalue weighted by atomic mass is 10.1.